The van der Waals surface area contributed by atoms with E-state index in [0.29, 0.717) is 10.6 Å². The van der Waals surface area contributed by atoms with E-state index in [-0.39, 0.29) is 16.8 Å². The molecule has 1 amide bonds. The molecule has 1 N–H and O–H groups in total. The minimum absolute atomic E-state index is 0.244. The lowest BCUT2D eigenvalue weighted by molar-refractivity contribution is -0.116. The molecule has 0 aromatic heterocycles. The van der Waals surface area contributed by atoms with Gasteiger partial charge in [-0.3, -0.25) is 4.79 Å². The first kappa shape index (κ1) is 21.8. The number of sulfone groups is 1. The van der Waals surface area contributed by atoms with E-state index in [0.717, 1.165) is 16.7 Å². The summed E-state index contributed by atoms with van der Waals surface area (Å²) < 4.78 is 23.3. The standard InChI is InChI=1S/C24H22ClNO3S/c1-17(18-12-14-21(15-13-18)30(2,28)29)26-24(27)22(19-8-4-3-5-9-19)16-20-10-6-7-11-23(20)25/h3-17H,1-2H3,(H,26,27)/b22-16+/t17-/m0/s1. The summed E-state index contributed by atoms with van der Waals surface area (Å²) in [7, 11) is -3.27. The van der Waals surface area contributed by atoms with E-state index in [2.05, 4.69) is 5.32 Å². The topological polar surface area (TPSA) is 63.2 Å². The zero-order valence-corrected chi connectivity index (χ0v) is 18.2. The molecular formula is C24H22ClNO3S. The van der Waals surface area contributed by atoms with Crippen LogP contribution < -0.4 is 5.32 Å². The fourth-order valence-electron chi connectivity index (χ4n) is 3.01. The fourth-order valence-corrected chi connectivity index (χ4v) is 3.83. The number of rotatable bonds is 6. The van der Waals surface area contributed by atoms with Crippen molar-refractivity contribution in [3.8, 4) is 0 Å². The monoisotopic (exact) mass is 439 g/mol. The second kappa shape index (κ2) is 9.28. The van der Waals surface area contributed by atoms with Crippen LogP contribution in [0.5, 0.6) is 0 Å². The number of carbonyl (C=O) groups excluding carboxylic acids is 1. The van der Waals surface area contributed by atoms with Crippen LogP contribution in [0.15, 0.2) is 83.8 Å². The fraction of sp³-hybridized carbons (Fsp3) is 0.125. The predicted octanol–water partition coefficient (Wildman–Crippen LogP) is 5.16. The van der Waals surface area contributed by atoms with Crippen LogP contribution in [0.4, 0.5) is 0 Å². The minimum atomic E-state index is -3.27. The summed E-state index contributed by atoms with van der Waals surface area (Å²) in [5, 5.41) is 3.55. The van der Waals surface area contributed by atoms with Crippen molar-refractivity contribution in [2.45, 2.75) is 17.9 Å². The third-order valence-corrected chi connectivity index (χ3v) is 6.16. The van der Waals surface area contributed by atoms with Gasteiger partial charge in [0.05, 0.1) is 10.9 Å². The van der Waals surface area contributed by atoms with Crippen LogP contribution in [0.2, 0.25) is 5.02 Å². The largest absolute Gasteiger partial charge is 0.345 e. The van der Waals surface area contributed by atoms with Gasteiger partial charge in [0.2, 0.25) is 0 Å². The van der Waals surface area contributed by atoms with Gasteiger partial charge in [-0.05, 0) is 47.9 Å². The molecular weight excluding hydrogens is 418 g/mol. The van der Waals surface area contributed by atoms with Crippen LogP contribution in [0.25, 0.3) is 11.6 Å². The first-order valence-corrected chi connectivity index (χ1v) is 11.6. The average Bonchev–Trinajstić information content (AvgIpc) is 2.73. The molecule has 0 bridgehead atoms. The van der Waals surface area contributed by atoms with Gasteiger partial charge in [0.1, 0.15) is 0 Å². The summed E-state index contributed by atoms with van der Waals surface area (Å²) in [6.45, 7) is 1.85. The van der Waals surface area contributed by atoms with E-state index >= 15 is 0 Å². The van der Waals surface area contributed by atoms with Crippen molar-refractivity contribution in [1.29, 1.82) is 0 Å². The normalized spacial score (nSPS) is 13.0. The molecule has 0 unspecified atom stereocenters. The highest BCUT2D eigenvalue weighted by molar-refractivity contribution is 7.90. The van der Waals surface area contributed by atoms with Gasteiger partial charge in [0.15, 0.2) is 9.84 Å². The van der Waals surface area contributed by atoms with Crippen molar-refractivity contribution in [3.05, 3.63) is 101 Å². The smallest absolute Gasteiger partial charge is 0.252 e. The molecule has 1 atom stereocenters. The van der Waals surface area contributed by atoms with Crippen LogP contribution in [0.1, 0.15) is 29.7 Å². The molecule has 0 fully saturated rings. The molecule has 0 heterocycles. The molecule has 0 saturated heterocycles. The summed E-state index contributed by atoms with van der Waals surface area (Å²) in [4.78, 5) is 13.4. The highest BCUT2D eigenvalue weighted by Crippen LogP contribution is 2.24. The van der Waals surface area contributed by atoms with Gasteiger partial charge in [-0.1, -0.05) is 72.3 Å². The third kappa shape index (κ3) is 5.38. The predicted molar refractivity (Wildman–Crippen MR) is 122 cm³/mol. The Balaban J connectivity index is 1.89. The SMILES string of the molecule is C[C@H](NC(=O)/C(=C/c1ccccc1Cl)c1ccccc1)c1ccc(S(C)(=O)=O)cc1. The van der Waals surface area contributed by atoms with Crippen molar-refractivity contribution >= 4 is 39.0 Å². The van der Waals surface area contributed by atoms with Gasteiger partial charge < -0.3 is 5.32 Å². The molecule has 6 heteroatoms. The van der Waals surface area contributed by atoms with E-state index in [1.165, 1.54) is 6.26 Å². The van der Waals surface area contributed by atoms with Crippen LogP contribution >= 0.6 is 11.6 Å². The lowest BCUT2D eigenvalue weighted by Gasteiger charge is -2.17. The Morgan fingerprint density at radius 3 is 2.13 bits per heavy atom. The molecule has 0 aliphatic rings. The van der Waals surface area contributed by atoms with E-state index in [4.69, 9.17) is 11.6 Å². The summed E-state index contributed by atoms with van der Waals surface area (Å²) in [6.07, 6.45) is 2.94. The zero-order chi connectivity index (χ0) is 21.7. The second-order valence-electron chi connectivity index (χ2n) is 6.98. The highest BCUT2D eigenvalue weighted by Gasteiger charge is 2.17. The maximum Gasteiger partial charge on any atom is 0.252 e. The highest BCUT2D eigenvalue weighted by atomic mass is 35.5. The molecule has 0 aliphatic carbocycles. The maximum absolute atomic E-state index is 13.2. The van der Waals surface area contributed by atoms with Crippen molar-refractivity contribution < 1.29 is 13.2 Å². The molecule has 4 nitrogen and oxygen atoms in total. The Hall–Kier alpha value is -2.89. The van der Waals surface area contributed by atoms with Gasteiger partial charge in [0, 0.05) is 16.9 Å². The van der Waals surface area contributed by atoms with Crippen molar-refractivity contribution in [1.82, 2.24) is 5.32 Å². The van der Waals surface area contributed by atoms with E-state index in [1.807, 2.05) is 55.5 Å². The number of nitrogens with one attached hydrogen (secondary N) is 1. The Morgan fingerprint density at radius 2 is 1.53 bits per heavy atom. The summed E-state index contributed by atoms with van der Waals surface area (Å²) >= 11 is 6.29. The summed E-state index contributed by atoms with van der Waals surface area (Å²) in [6, 6.07) is 22.9. The van der Waals surface area contributed by atoms with E-state index in [1.54, 1.807) is 36.4 Å². The Bertz CT molecular complexity index is 1170. The van der Waals surface area contributed by atoms with Crippen LogP contribution in [-0.2, 0) is 14.6 Å². The molecule has 3 aromatic rings. The number of amides is 1. The number of hydrogen-bond donors (Lipinski definition) is 1. The van der Waals surface area contributed by atoms with Crippen LogP contribution in [0, 0.1) is 0 Å². The first-order valence-electron chi connectivity index (χ1n) is 9.38. The Labute approximate surface area is 182 Å². The molecule has 3 rings (SSSR count). The molecule has 30 heavy (non-hydrogen) atoms. The third-order valence-electron chi connectivity index (χ3n) is 4.69. The zero-order valence-electron chi connectivity index (χ0n) is 16.7. The van der Waals surface area contributed by atoms with Gasteiger partial charge in [-0.15, -0.1) is 0 Å². The van der Waals surface area contributed by atoms with Crippen molar-refractivity contribution in [3.63, 3.8) is 0 Å². The first-order chi connectivity index (χ1) is 14.3. The molecule has 0 saturated carbocycles. The molecule has 154 valence electrons. The number of hydrogen-bond acceptors (Lipinski definition) is 3. The second-order valence-corrected chi connectivity index (χ2v) is 9.40. The maximum atomic E-state index is 13.2. The van der Waals surface area contributed by atoms with Gasteiger partial charge in [-0.25, -0.2) is 8.42 Å². The molecule has 0 spiro atoms. The number of carbonyl (C=O) groups is 1. The summed E-state index contributed by atoms with van der Waals surface area (Å²) in [5.74, 6) is -0.249. The lowest BCUT2D eigenvalue weighted by atomic mass is 10.0. The van der Waals surface area contributed by atoms with Crippen molar-refractivity contribution in [2.75, 3.05) is 6.26 Å². The van der Waals surface area contributed by atoms with Crippen molar-refractivity contribution in [2.24, 2.45) is 0 Å². The van der Waals surface area contributed by atoms with Crippen LogP contribution in [-0.4, -0.2) is 20.6 Å². The van der Waals surface area contributed by atoms with E-state index < -0.39 is 9.84 Å². The quantitative estimate of drug-likeness (QED) is 0.426. The Kier molecular flexibility index (Phi) is 6.75. The average molecular weight is 440 g/mol. The lowest BCUT2D eigenvalue weighted by Crippen LogP contribution is -2.27. The van der Waals surface area contributed by atoms with Gasteiger partial charge in [0.25, 0.3) is 5.91 Å². The number of halogens is 1. The summed E-state index contributed by atoms with van der Waals surface area (Å²) in [5.41, 5.74) is 2.82. The molecule has 0 aliphatic heterocycles. The molecule has 0 radical (unpaired) electrons. The van der Waals surface area contributed by atoms with E-state index in [9.17, 15) is 13.2 Å². The molecule has 3 aromatic carbocycles. The Morgan fingerprint density at radius 1 is 0.933 bits per heavy atom. The van der Waals surface area contributed by atoms with Gasteiger partial charge in [-0.2, -0.15) is 0 Å². The minimum Gasteiger partial charge on any atom is -0.345 e. The van der Waals surface area contributed by atoms with Crippen LogP contribution in [0.3, 0.4) is 0 Å². The van der Waals surface area contributed by atoms with Gasteiger partial charge >= 0.3 is 0 Å². The number of benzene rings is 3.